The number of carbonyl (C=O) groups excluding carboxylic acids is 1. The number of hydrogen-bond acceptors (Lipinski definition) is 5. The number of carbonyl (C=O) groups is 1. The number of nitrogens with zero attached hydrogens (tertiary/aromatic N) is 3. The topological polar surface area (TPSA) is 82.2 Å². The zero-order valence-corrected chi connectivity index (χ0v) is 15.5. The highest BCUT2D eigenvalue weighted by molar-refractivity contribution is 5.89. The highest BCUT2D eigenvalue weighted by Crippen LogP contribution is 2.14. The van der Waals surface area contributed by atoms with Gasteiger partial charge in [0, 0.05) is 38.9 Å². The van der Waals surface area contributed by atoms with Crippen LogP contribution in [-0.4, -0.2) is 43.2 Å². The van der Waals surface area contributed by atoms with Crippen LogP contribution < -0.4 is 20.9 Å². The van der Waals surface area contributed by atoms with Gasteiger partial charge in [-0.3, -0.25) is 0 Å². The van der Waals surface area contributed by atoms with Gasteiger partial charge in [-0.2, -0.15) is 0 Å². The van der Waals surface area contributed by atoms with Crippen LogP contribution in [0.25, 0.3) is 0 Å². The van der Waals surface area contributed by atoms with Crippen LogP contribution in [0.3, 0.4) is 0 Å². The van der Waals surface area contributed by atoms with Crippen LogP contribution in [0.2, 0.25) is 0 Å². The Morgan fingerprint density at radius 1 is 1.04 bits per heavy atom. The van der Waals surface area contributed by atoms with Crippen LogP contribution in [0.5, 0.6) is 0 Å². The molecule has 3 N–H and O–H groups in total. The fourth-order valence-electron chi connectivity index (χ4n) is 2.23. The van der Waals surface area contributed by atoms with Crippen molar-refractivity contribution >= 4 is 23.4 Å². The maximum Gasteiger partial charge on any atom is 0.319 e. The predicted molar refractivity (Wildman–Crippen MR) is 103 cm³/mol. The zero-order valence-electron chi connectivity index (χ0n) is 15.5. The van der Waals surface area contributed by atoms with Crippen LogP contribution in [0.1, 0.15) is 17.0 Å². The molecule has 0 radical (unpaired) electrons. The van der Waals surface area contributed by atoms with Gasteiger partial charge in [0.05, 0.1) is 0 Å². The molecule has 134 valence electrons. The maximum atomic E-state index is 11.9. The van der Waals surface area contributed by atoms with Gasteiger partial charge in [0.2, 0.25) is 0 Å². The Balaban J connectivity index is 1.79. The van der Waals surface area contributed by atoms with Gasteiger partial charge in [-0.1, -0.05) is 6.07 Å². The Morgan fingerprint density at radius 3 is 2.48 bits per heavy atom. The third-order valence-corrected chi connectivity index (χ3v) is 3.76. The minimum Gasteiger partial charge on any atom is -0.368 e. The number of hydrogen-bond donors (Lipinski definition) is 3. The second-order valence-corrected chi connectivity index (χ2v) is 6.16. The number of nitrogens with one attached hydrogen (secondary N) is 3. The summed E-state index contributed by atoms with van der Waals surface area (Å²) in [6.45, 7) is 6.98. The van der Waals surface area contributed by atoms with E-state index in [-0.39, 0.29) is 6.03 Å². The molecule has 0 bridgehead atoms. The molecular formula is C18H26N6O. The summed E-state index contributed by atoms with van der Waals surface area (Å²) < 4.78 is 0. The summed E-state index contributed by atoms with van der Waals surface area (Å²) in [5, 5.41) is 8.85. The molecule has 0 aliphatic heterocycles. The minimum atomic E-state index is -0.224. The molecule has 1 heterocycles. The fraction of sp³-hybridized carbons (Fsp3) is 0.389. The Morgan fingerprint density at radius 2 is 1.80 bits per heavy atom. The first-order chi connectivity index (χ1) is 11.8. The summed E-state index contributed by atoms with van der Waals surface area (Å²) in [7, 11) is 3.87. The predicted octanol–water partition coefficient (Wildman–Crippen LogP) is 2.70. The quantitative estimate of drug-likeness (QED) is 0.703. The average Bonchev–Trinajstić information content (AvgIpc) is 2.54. The second-order valence-electron chi connectivity index (χ2n) is 6.16. The van der Waals surface area contributed by atoms with Crippen molar-refractivity contribution in [2.75, 3.05) is 42.7 Å². The van der Waals surface area contributed by atoms with Crippen molar-refractivity contribution in [1.29, 1.82) is 0 Å². The maximum absolute atomic E-state index is 11.9. The minimum absolute atomic E-state index is 0.224. The molecule has 0 saturated heterocycles. The fourth-order valence-corrected chi connectivity index (χ4v) is 2.23. The number of urea groups is 1. The Labute approximate surface area is 148 Å². The second kappa shape index (κ2) is 8.32. The molecular weight excluding hydrogens is 316 g/mol. The van der Waals surface area contributed by atoms with Crippen molar-refractivity contribution in [3.05, 3.63) is 41.2 Å². The molecule has 7 nitrogen and oxygen atoms in total. The van der Waals surface area contributed by atoms with Gasteiger partial charge in [0.25, 0.3) is 0 Å². The Bertz CT molecular complexity index is 744. The van der Waals surface area contributed by atoms with E-state index < -0.39 is 0 Å². The normalized spacial score (nSPS) is 10.3. The van der Waals surface area contributed by atoms with Crippen molar-refractivity contribution in [2.24, 2.45) is 0 Å². The molecule has 0 aliphatic rings. The summed E-state index contributed by atoms with van der Waals surface area (Å²) in [4.78, 5) is 22.5. The first-order valence-corrected chi connectivity index (χ1v) is 8.24. The van der Waals surface area contributed by atoms with Crippen LogP contribution in [0.4, 0.5) is 22.1 Å². The van der Waals surface area contributed by atoms with Crippen LogP contribution in [0, 0.1) is 20.8 Å². The van der Waals surface area contributed by atoms with E-state index in [1.807, 2.05) is 64.0 Å². The standard InChI is InChI=1S/C18H26N6O/c1-12-6-7-15(10-13(12)2)23-18(25)20-9-8-19-16-11-17(24(4)5)22-14(3)21-16/h6-7,10-11H,8-9H2,1-5H3,(H,19,21,22)(H2,20,23,25). The molecule has 2 amide bonds. The van der Waals surface area contributed by atoms with E-state index in [1.165, 1.54) is 5.56 Å². The van der Waals surface area contributed by atoms with Gasteiger partial charge < -0.3 is 20.9 Å². The zero-order chi connectivity index (χ0) is 18.4. The van der Waals surface area contributed by atoms with E-state index in [4.69, 9.17) is 0 Å². The molecule has 1 aromatic carbocycles. The lowest BCUT2D eigenvalue weighted by molar-refractivity contribution is 0.252. The summed E-state index contributed by atoms with van der Waals surface area (Å²) in [5.41, 5.74) is 3.14. The lowest BCUT2D eigenvalue weighted by Gasteiger charge is -2.14. The monoisotopic (exact) mass is 342 g/mol. The number of anilines is 3. The van der Waals surface area contributed by atoms with Crippen molar-refractivity contribution in [3.63, 3.8) is 0 Å². The third kappa shape index (κ3) is 5.63. The molecule has 0 aliphatic carbocycles. The number of amides is 2. The molecule has 25 heavy (non-hydrogen) atoms. The molecule has 0 unspecified atom stereocenters. The highest BCUT2D eigenvalue weighted by atomic mass is 16.2. The van der Waals surface area contributed by atoms with E-state index in [9.17, 15) is 4.79 Å². The molecule has 2 aromatic rings. The highest BCUT2D eigenvalue weighted by Gasteiger charge is 2.05. The number of rotatable bonds is 6. The van der Waals surface area contributed by atoms with E-state index in [0.29, 0.717) is 18.9 Å². The molecule has 0 atom stereocenters. The van der Waals surface area contributed by atoms with Gasteiger partial charge in [-0.25, -0.2) is 14.8 Å². The Kier molecular flexibility index (Phi) is 6.16. The van der Waals surface area contributed by atoms with Crippen LogP contribution >= 0.6 is 0 Å². The third-order valence-electron chi connectivity index (χ3n) is 3.76. The first-order valence-electron chi connectivity index (χ1n) is 8.24. The van der Waals surface area contributed by atoms with Gasteiger partial charge in [0.15, 0.2) is 0 Å². The lowest BCUT2D eigenvalue weighted by Crippen LogP contribution is -2.32. The number of aryl methyl sites for hydroxylation is 3. The number of benzene rings is 1. The van der Waals surface area contributed by atoms with Gasteiger partial charge >= 0.3 is 6.03 Å². The molecule has 0 fully saturated rings. The summed E-state index contributed by atoms with van der Waals surface area (Å²) in [5.74, 6) is 2.29. The average molecular weight is 342 g/mol. The lowest BCUT2D eigenvalue weighted by atomic mass is 10.1. The first kappa shape index (κ1) is 18.5. The van der Waals surface area contributed by atoms with Crippen molar-refractivity contribution in [3.8, 4) is 0 Å². The van der Waals surface area contributed by atoms with Crippen LogP contribution in [0.15, 0.2) is 24.3 Å². The number of aromatic nitrogens is 2. The SMILES string of the molecule is Cc1nc(NCCNC(=O)Nc2ccc(C)c(C)c2)cc(N(C)C)n1. The summed E-state index contributed by atoms with van der Waals surface area (Å²) >= 11 is 0. The van der Waals surface area contributed by atoms with E-state index in [2.05, 4.69) is 25.9 Å². The van der Waals surface area contributed by atoms with Crippen molar-refractivity contribution in [2.45, 2.75) is 20.8 Å². The van der Waals surface area contributed by atoms with Gasteiger partial charge in [-0.15, -0.1) is 0 Å². The summed E-state index contributed by atoms with van der Waals surface area (Å²) in [6.07, 6.45) is 0. The molecule has 1 aromatic heterocycles. The molecule has 0 spiro atoms. The Hall–Kier alpha value is -2.83. The van der Waals surface area contributed by atoms with E-state index in [1.54, 1.807) is 0 Å². The van der Waals surface area contributed by atoms with Crippen molar-refractivity contribution < 1.29 is 4.79 Å². The van der Waals surface area contributed by atoms with E-state index in [0.717, 1.165) is 22.9 Å². The van der Waals surface area contributed by atoms with Gasteiger partial charge in [-0.05, 0) is 44.0 Å². The van der Waals surface area contributed by atoms with E-state index >= 15 is 0 Å². The smallest absolute Gasteiger partial charge is 0.319 e. The molecule has 0 saturated carbocycles. The molecule has 2 rings (SSSR count). The van der Waals surface area contributed by atoms with Crippen LogP contribution in [-0.2, 0) is 0 Å². The van der Waals surface area contributed by atoms with Gasteiger partial charge in [0.1, 0.15) is 17.5 Å². The summed E-state index contributed by atoms with van der Waals surface area (Å²) in [6, 6.07) is 7.50. The largest absolute Gasteiger partial charge is 0.368 e. The van der Waals surface area contributed by atoms with Crippen molar-refractivity contribution in [1.82, 2.24) is 15.3 Å². The molecule has 7 heteroatoms.